The highest BCUT2D eigenvalue weighted by Crippen LogP contribution is 2.18. The van der Waals surface area contributed by atoms with Crippen LogP contribution in [-0.2, 0) is 4.79 Å². The fraction of sp³-hybridized carbons (Fsp3) is 0.222. The van der Waals surface area contributed by atoms with Crippen molar-refractivity contribution in [2.45, 2.75) is 26.8 Å². The van der Waals surface area contributed by atoms with Crippen LogP contribution in [0.5, 0.6) is 0 Å². The number of rotatable bonds is 3. The van der Waals surface area contributed by atoms with Gasteiger partial charge in [0.15, 0.2) is 4.99 Å². The predicted molar refractivity (Wildman–Crippen MR) is 95.1 cm³/mol. The third-order valence-electron chi connectivity index (χ3n) is 3.71. The molecule has 0 heterocycles. The Bertz CT molecular complexity index is 683. The van der Waals surface area contributed by atoms with E-state index in [4.69, 9.17) is 12.2 Å². The van der Waals surface area contributed by atoms with E-state index in [-0.39, 0.29) is 16.9 Å². The van der Waals surface area contributed by atoms with Gasteiger partial charge in [0.05, 0.1) is 0 Å². The van der Waals surface area contributed by atoms with Crippen molar-refractivity contribution in [1.29, 1.82) is 0 Å². The van der Waals surface area contributed by atoms with Gasteiger partial charge in [0.25, 0.3) is 5.91 Å². The standard InChI is InChI=1S/C18H20N2OS/c1-12-8-7-11-16(13(12)2)20-17(21)18(22)19-14(3)15-9-5-4-6-10-15/h4-11,14H,1-3H3,(H,19,22)(H,20,21)/t14-/m0/s1. The molecule has 0 aliphatic heterocycles. The molecular formula is C18H20N2OS. The van der Waals surface area contributed by atoms with Crippen LogP contribution in [0.25, 0.3) is 0 Å². The van der Waals surface area contributed by atoms with E-state index in [1.807, 2.05) is 69.3 Å². The number of hydrogen-bond acceptors (Lipinski definition) is 2. The van der Waals surface area contributed by atoms with Gasteiger partial charge in [-0.1, -0.05) is 54.7 Å². The molecule has 1 amide bonds. The molecule has 2 N–H and O–H groups in total. The molecule has 0 saturated carbocycles. The molecule has 1 atom stereocenters. The normalized spacial score (nSPS) is 11.6. The summed E-state index contributed by atoms with van der Waals surface area (Å²) in [5.74, 6) is -0.286. The summed E-state index contributed by atoms with van der Waals surface area (Å²) in [6.07, 6.45) is 0. The molecule has 22 heavy (non-hydrogen) atoms. The van der Waals surface area contributed by atoms with Crippen molar-refractivity contribution < 1.29 is 4.79 Å². The van der Waals surface area contributed by atoms with Gasteiger partial charge in [0.2, 0.25) is 0 Å². The van der Waals surface area contributed by atoms with Gasteiger partial charge in [-0.2, -0.15) is 0 Å². The maximum Gasteiger partial charge on any atom is 0.283 e. The summed E-state index contributed by atoms with van der Waals surface area (Å²) in [5.41, 5.74) is 4.06. The van der Waals surface area contributed by atoms with Crippen molar-refractivity contribution in [2.75, 3.05) is 5.32 Å². The first-order chi connectivity index (χ1) is 10.5. The second-order valence-corrected chi connectivity index (χ2v) is 5.72. The Labute approximate surface area is 136 Å². The molecule has 2 rings (SSSR count). The minimum Gasteiger partial charge on any atom is -0.365 e. The van der Waals surface area contributed by atoms with Crippen LogP contribution in [0, 0.1) is 13.8 Å². The average Bonchev–Trinajstić information content (AvgIpc) is 2.52. The molecular weight excluding hydrogens is 292 g/mol. The lowest BCUT2D eigenvalue weighted by Crippen LogP contribution is -2.35. The van der Waals surface area contributed by atoms with Gasteiger partial charge in [-0.15, -0.1) is 0 Å². The summed E-state index contributed by atoms with van der Waals surface area (Å²) in [6, 6.07) is 15.7. The van der Waals surface area contributed by atoms with E-state index in [1.54, 1.807) is 0 Å². The molecule has 0 aliphatic carbocycles. The Morgan fingerprint density at radius 2 is 1.73 bits per heavy atom. The summed E-state index contributed by atoms with van der Waals surface area (Å²) >= 11 is 5.21. The van der Waals surface area contributed by atoms with Gasteiger partial charge in [0, 0.05) is 11.7 Å². The van der Waals surface area contributed by atoms with Crippen LogP contribution < -0.4 is 10.6 Å². The highest BCUT2D eigenvalue weighted by Gasteiger charge is 2.14. The Morgan fingerprint density at radius 3 is 2.41 bits per heavy atom. The number of thiocarbonyl (C=S) groups is 1. The van der Waals surface area contributed by atoms with Gasteiger partial charge >= 0.3 is 0 Å². The number of hydrogen-bond donors (Lipinski definition) is 2. The number of nitrogens with one attached hydrogen (secondary N) is 2. The number of carbonyl (C=O) groups excluding carboxylic acids is 1. The van der Waals surface area contributed by atoms with Crippen LogP contribution in [-0.4, -0.2) is 10.9 Å². The zero-order valence-corrected chi connectivity index (χ0v) is 13.8. The first-order valence-electron chi connectivity index (χ1n) is 7.22. The van der Waals surface area contributed by atoms with Gasteiger partial charge in [-0.3, -0.25) is 4.79 Å². The lowest BCUT2D eigenvalue weighted by Gasteiger charge is -2.17. The fourth-order valence-electron chi connectivity index (χ4n) is 2.15. The van der Waals surface area contributed by atoms with E-state index < -0.39 is 0 Å². The van der Waals surface area contributed by atoms with E-state index in [0.29, 0.717) is 0 Å². The molecule has 0 spiro atoms. The first kappa shape index (κ1) is 16.2. The monoisotopic (exact) mass is 312 g/mol. The number of aryl methyl sites for hydroxylation is 1. The van der Waals surface area contributed by atoms with Crippen molar-refractivity contribution in [3.63, 3.8) is 0 Å². The number of amides is 1. The molecule has 0 saturated heterocycles. The summed E-state index contributed by atoms with van der Waals surface area (Å²) in [4.78, 5) is 12.4. The molecule has 3 nitrogen and oxygen atoms in total. The molecule has 4 heteroatoms. The third-order valence-corrected chi connectivity index (χ3v) is 4.01. The predicted octanol–water partition coefficient (Wildman–Crippen LogP) is 3.92. The molecule has 0 fully saturated rings. The molecule has 114 valence electrons. The maximum atomic E-state index is 12.2. The van der Waals surface area contributed by atoms with E-state index in [9.17, 15) is 4.79 Å². The van der Waals surface area contributed by atoms with Crippen LogP contribution in [0.2, 0.25) is 0 Å². The quantitative estimate of drug-likeness (QED) is 0.844. The first-order valence-corrected chi connectivity index (χ1v) is 7.63. The van der Waals surface area contributed by atoms with Crippen LogP contribution in [0.4, 0.5) is 5.69 Å². The van der Waals surface area contributed by atoms with Gasteiger partial charge in [0.1, 0.15) is 0 Å². The average molecular weight is 312 g/mol. The largest absolute Gasteiger partial charge is 0.365 e. The van der Waals surface area contributed by atoms with Crippen molar-refractivity contribution in [2.24, 2.45) is 0 Å². The highest BCUT2D eigenvalue weighted by molar-refractivity contribution is 7.82. The lowest BCUT2D eigenvalue weighted by molar-refractivity contribution is -0.110. The Morgan fingerprint density at radius 1 is 1.05 bits per heavy atom. The summed E-state index contributed by atoms with van der Waals surface area (Å²) < 4.78 is 0. The van der Waals surface area contributed by atoms with Crippen LogP contribution >= 0.6 is 12.2 Å². The Hall–Kier alpha value is -2.20. The van der Waals surface area contributed by atoms with Crippen molar-refractivity contribution in [3.8, 4) is 0 Å². The third kappa shape index (κ3) is 3.92. The van der Waals surface area contributed by atoms with Crippen LogP contribution in [0.15, 0.2) is 48.5 Å². The smallest absolute Gasteiger partial charge is 0.283 e. The van der Waals surface area contributed by atoms with E-state index in [1.165, 1.54) is 0 Å². The number of benzene rings is 2. The van der Waals surface area contributed by atoms with Crippen LogP contribution in [0.1, 0.15) is 29.7 Å². The Kier molecular flexibility index (Phi) is 5.28. The second kappa shape index (κ2) is 7.18. The zero-order valence-electron chi connectivity index (χ0n) is 13.0. The lowest BCUT2D eigenvalue weighted by atomic mass is 10.1. The summed E-state index contributed by atoms with van der Waals surface area (Å²) in [6.45, 7) is 5.97. The molecule has 0 bridgehead atoms. The SMILES string of the molecule is Cc1cccc(NC(=O)C(=S)N[C@@H](C)c2ccccc2)c1C. The van der Waals surface area contributed by atoms with Crippen molar-refractivity contribution in [1.82, 2.24) is 5.32 Å². The zero-order chi connectivity index (χ0) is 16.1. The highest BCUT2D eigenvalue weighted by atomic mass is 32.1. The molecule has 0 radical (unpaired) electrons. The minimum absolute atomic E-state index is 0.0157. The molecule has 2 aromatic carbocycles. The molecule has 0 aliphatic rings. The van der Waals surface area contributed by atoms with E-state index in [0.717, 1.165) is 22.4 Å². The maximum absolute atomic E-state index is 12.2. The van der Waals surface area contributed by atoms with Crippen molar-refractivity contribution >= 4 is 28.8 Å². The number of carbonyl (C=O) groups is 1. The van der Waals surface area contributed by atoms with E-state index in [2.05, 4.69) is 10.6 Å². The van der Waals surface area contributed by atoms with Crippen molar-refractivity contribution in [3.05, 3.63) is 65.2 Å². The van der Waals surface area contributed by atoms with Gasteiger partial charge < -0.3 is 10.6 Å². The topological polar surface area (TPSA) is 41.1 Å². The fourth-order valence-corrected chi connectivity index (χ4v) is 2.38. The van der Waals surface area contributed by atoms with E-state index >= 15 is 0 Å². The molecule has 0 aromatic heterocycles. The van der Waals surface area contributed by atoms with Gasteiger partial charge in [-0.25, -0.2) is 0 Å². The van der Waals surface area contributed by atoms with Gasteiger partial charge in [-0.05, 0) is 43.5 Å². The Balaban J connectivity index is 2.01. The molecule has 2 aromatic rings. The second-order valence-electron chi connectivity index (χ2n) is 5.31. The summed E-state index contributed by atoms with van der Waals surface area (Å²) in [5, 5.41) is 5.93. The number of anilines is 1. The summed E-state index contributed by atoms with van der Waals surface area (Å²) in [7, 11) is 0. The van der Waals surface area contributed by atoms with Crippen LogP contribution in [0.3, 0.4) is 0 Å². The minimum atomic E-state index is -0.286. The molecule has 0 unspecified atom stereocenters.